The summed E-state index contributed by atoms with van der Waals surface area (Å²) in [4.78, 5) is 24.5. The maximum Gasteiger partial charge on any atom is 0.338 e. The molecule has 0 saturated carbocycles. The normalized spacial score (nSPS) is 13.1. The molecular formula is C20H21NO6S. The summed E-state index contributed by atoms with van der Waals surface area (Å²) in [6.45, 7) is 1.58. The van der Waals surface area contributed by atoms with Gasteiger partial charge in [-0.15, -0.1) is 0 Å². The third-order valence-corrected chi connectivity index (χ3v) is 6.40. The number of nitrogens with zero attached hydrogens (tertiary/aromatic N) is 1. The molecule has 1 aliphatic heterocycles. The highest BCUT2D eigenvalue weighted by Gasteiger charge is 2.28. The molecule has 28 heavy (non-hydrogen) atoms. The number of anilines is 1. The van der Waals surface area contributed by atoms with E-state index in [-0.39, 0.29) is 18.1 Å². The summed E-state index contributed by atoms with van der Waals surface area (Å²) in [7, 11) is -1.80. The Morgan fingerprint density at radius 2 is 1.75 bits per heavy atom. The largest absolute Gasteiger partial charge is 0.497 e. The molecule has 0 atom stereocenters. The van der Waals surface area contributed by atoms with Gasteiger partial charge in [-0.25, -0.2) is 13.2 Å². The van der Waals surface area contributed by atoms with Crippen LogP contribution in [0.25, 0.3) is 0 Å². The smallest absolute Gasteiger partial charge is 0.338 e. The molecule has 8 heteroatoms. The summed E-state index contributed by atoms with van der Waals surface area (Å²) >= 11 is 0. The Labute approximate surface area is 163 Å². The Kier molecular flexibility index (Phi) is 5.69. The molecule has 2 aromatic carbocycles. The highest BCUT2D eigenvalue weighted by atomic mass is 32.2. The van der Waals surface area contributed by atoms with Crippen LogP contribution in [0.1, 0.15) is 33.2 Å². The van der Waals surface area contributed by atoms with Gasteiger partial charge in [0.2, 0.25) is 10.0 Å². The summed E-state index contributed by atoms with van der Waals surface area (Å²) in [5.74, 6) is -0.308. The van der Waals surface area contributed by atoms with Gasteiger partial charge >= 0.3 is 5.97 Å². The molecule has 0 spiro atoms. The van der Waals surface area contributed by atoms with Crippen molar-refractivity contribution in [2.24, 2.45) is 0 Å². The van der Waals surface area contributed by atoms with Gasteiger partial charge in [0.15, 0.2) is 12.4 Å². The zero-order chi connectivity index (χ0) is 20.3. The number of benzene rings is 2. The lowest BCUT2D eigenvalue weighted by atomic mass is 10.1. The zero-order valence-electron chi connectivity index (χ0n) is 15.7. The number of Topliss-reactive ketones (excluding diaryl/α,β-unsaturated/α-hetero) is 1. The average molecular weight is 403 g/mol. The van der Waals surface area contributed by atoms with Crippen molar-refractivity contribution >= 4 is 27.5 Å². The Morgan fingerprint density at radius 3 is 2.39 bits per heavy atom. The number of methoxy groups -OCH3 is 1. The molecule has 3 rings (SSSR count). The fraction of sp³-hybridized carbons (Fsp3) is 0.300. The van der Waals surface area contributed by atoms with Gasteiger partial charge in [-0.3, -0.25) is 9.10 Å². The quantitative estimate of drug-likeness (QED) is 0.521. The molecule has 2 aromatic rings. The van der Waals surface area contributed by atoms with Crippen LogP contribution in [-0.2, 0) is 21.2 Å². The number of hydrogen-bond donors (Lipinski definition) is 0. The molecule has 148 valence electrons. The number of hydrogen-bond acceptors (Lipinski definition) is 6. The van der Waals surface area contributed by atoms with Crippen molar-refractivity contribution in [1.29, 1.82) is 0 Å². The van der Waals surface area contributed by atoms with Crippen molar-refractivity contribution in [3.8, 4) is 5.75 Å². The minimum Gasteiger partial charge on any atom is -0.497 e. The van der Waals surface area contributed by atoms with Crippen LogP contribution in [0.15, 0.2) is 42.5 Å². The average Bonchev–Trinajstić information content (AvgIpc) is 3.16. The third-order valence-electron chi connectivity index (χ3n) is 4.62. The number of carbonyl (C=O) groups is 2. The van der Waals surface area contributed by atoms with Gasteiger partial charge in [-0.2, -0.15) is 0 Å². The molecular weight excluding hydrogens is 382 g/mol. The Morgan fingerprint density at radius 1 is 1.07 bits per heavy atom. The second kappa shape index (κ2) is 8.02. The molecule has 0 aromatic heterocycles. The van der Waals surface area contributed by atoms with Crippen LogP contribution in [-0.4, -0.2) is 46.2 Å². The fourth-order valence-electron chi connectivity index (χ4n) is 3.01. The maximum atomic E-state index is 12.4. The van der Waals surface area contributed by atoms with Gasteiger partial charge in [-0.1, -0.05) is 0 Å². The van der Waals surface area contributed by atoms with Crippen LogP contribution in [0, 0.1) is 0 Å². The monoisotopic (exact) mass is 403 g/mol. The van der Waals surface area contributed by atoms with E-state index in [0.717, 1.165) is 5.56 Å². The number of carbonyl (C=O) groups excluding carboxylic acids is 2. The van der Waals surface area contributed by atoms with E-state index in [4.69, 9.17) is 9.47 Å². The molecule has 0 saturated heterocycles. The maximum absolute atomic E-state index is 12.4. The molecule has 0 amide bonds. The zero-order valence-corrected chi connectivity index (χ0v) is 16.5. The summed E-state index contributed by atoms with van der Waals surface area (Å²) in [6, 6.07) is 11.3. The first-order valence-corrected chi connectivity index (χ1v) is 10.4. The predicted molar refractivity (Wildman–Crippen MR) is 105 cm³/mol. The van der Waals surface area contributed by atoms with Gasteiger partial charge in [0.1, 0.15) is 5.75 Å². The van der Waals surface area contributed by atoms with Crippen LogP contribution >= 0.6 is 0 Å². The molecule has 1 heterocycles. The van der Waals surface area contributed by atoms with Crippen molar-refractivity contribution in [1.82, 2.24) is 0 Å². The van der Waals surface area contributed by atoms with E-state index < -0.39 is 16.0 Å². The van der Waals surface area contributed by atoms with Gasteiger partial charge in [-0.05, 0) is 61.4 Å². The van der Waals surface area contributed by atoms with E-state index in [9.17, 15) is 18.0 Å². The number of fused-ring (bicyclic) bond motifs is 1. The lowest BCUT2D eigenvalue weighted by Crippen LogP contribution is -2.30. The topological polar surface area (TPSA) is 90.0 Å². The molecule has 0 unspecified atom stereocenters. The van der Waals surface area contributed by atoms with E-state index >= 15 is 0 Å². The summed E-state index contributed by atoms with van der Waals surface area (Å²) in [6.07, 6.45) is 0.543. The molecule has 0 N–H and O–H groups in total. The molecule has 0 aliphatic carbocycles. The van der Waals surface area contributed by atoms with Gasteiger partial charge in [0, 0.05) is 12.1 Å². The molecule has 7 nitrogen and oxygen atoms in total. The standard InChI is InChI=1S/C20H21NO6S/c1-3-28(24,25)21-11-10-15-12-16(6-9-18(15)21)19(22)13-27-20(23)14-4-7-17(26-2)8-5-14/h4-9,12H,3,10-11,13H2,1-2H3. The van der Waals surface area contributed by atoms with Crippen LogP contribution in [0.3, 0.4) is 0 Å². The summed E-state index contributed by atoms with van der Waals surface area (Å²) < 4.78 is 35.8. The number of rotatable bonds is 7. The van der Waals surface area contributed by atoms with E-state index in [1.54, 1.807) is 49.4 Å². The minimum atomic E-state index is -3.33. The predicted octanol–water partition coefficient (Wildman–Crippen LogP) is 2.45. The number of sulfonamides is 1. The lowest BCUT2D eigenvalue weighted by Gasteiger charge is -2.18. The second-order valence-corrected chi connectivity index (χ2v) is 8.48. The van der Waals surface area contributed by atoms with E-state index in [1.807, 2.05) is 0 Å². The number of ketones is 1. The number of ether oxygens (including phenoxy) is 2. The Bertz CT molecular complexity index is 998. The van der Waals surface area contributed by atoms with Crippen molar-refractivity contribution in [2.45, 2.75) is 13.3 Å². The minimum absolute atomic E-state index is 0.0223. The fourth-order valence-corrected chi connectivity index (χ4v) is 4.17. The Hall–Kier alpha value is -2.87. The third kappa shape index (κ3) is 4.01. The van der Waals surface area contributed by atoms with Crippen LogP contribution in [0.2, 0.25) is 0 Å². The van der Waals surface area contributed by atoms with Gasteiger partial charge in [0.05, 0.1) is 24.1 Å². The van der Waals surface area contributed by atoms with Gasteiger partial charge in [0.25, 0.3) is 0 Å². The summed E-state index contributed by atoms with van der Waals surface area (Å²) in [5, 5.41) is 0. The highest BCUT2D eigenvalue weighted by Crippen LogP contribution is 2.31. The van der Waals surface area contributed by atoms with Crippen molar-refractivity contribution in [2.75, 3.05) is 30.3 Å². The van der Waals surface area contributed by atoms with Gasteiger partial charge < -0.3 is 9.47 Å². The van der Waals surface area contributed by atoms with Crippen LogP contribution < -0.4 is 9.04 Å². The van der Waals surface area contributed by atoms with Crippen molar-refractivity contribution < 1.29 is 27.5 Å². The highest BCUT2D eigenvalue weighted by molar-refractivity contribution is 7.92. The second-order valence-electron chi connectivity index (χ2n) is 6.29. The first kappa shape index (κ1) is 19.9. The number of esters is 1. The van der Waals surface area contributed by atoms with Crippen LogP contribution in [0.4, 0.5) is 5.69 Å². The first-order chi connectivity index (χ1) is 13.4. The van der Waals surface area contributed by atoms with Crippen LogP contribution in [0.5, 0.6) is 5.75 Å². The Balaban J connectivity index is 1.66. The van der Waals surface area contributed by atoms with Crippen molar-refractivity contribution in [3.05, 3.63) is 59.2 Å². The van der Waals surface area contributed by atoms with E-state index in [1.165, 1.54) is 11.4 Å². The van der Waals surface area contributed by atoms with E-state index in [2.05, 4.69) is 0 Å². The molecule has 1 aliphatic rings. The SMILES string of the molecule is CCS(=O)(=O)N1CCc2cc(C(=O)COC(=O)c3ccc(OC)cc3)ccc21. The molecule has 0 radical (unpaired) electrons. The lowest BCUT2D eigenvalue weighted by molar-refractivity contribution is 0.0474. The molecule has 0 fully saturated rings. The van der Waals surface area contributed by atoms with E-state index in [0.29, 0.717) is 35.5 Å². The van der Waals surface area contributed by atoms with Crippen molar-refractivity contribution in [3.63, 3.8) is 0 Å². The molecule has 0 bridgehead atoms. The first-order valence-electron chi connectivity index (χ1n) is 8.83. The summed E-state index contributed by atoms with van der Waals surface area (Å²) in [5.41, 5.74) is 2.11.